The zero-order valence-corrected chi connectivity index (χ0v) is 18.1. The van der Waals surface area contributed by atoms with E-state index in [-0.39, 0.29) is 0 Å². The van der Waals surface area contributed by atoms with Crippen LogP contribution in [0.1, 0.15) is 56.6 Å². The second-order valence-electron chi connectivity index (χ2n) is 8.62. The molecule has 1 aliphatic carbocycles. The van der Waals surface area contributed by atoms with E-state index in [4.69, 9.17) is 4.99 Å². The van der Waals surface area contributed by atoms with Crippen molar-refractivity contribution in [2.24, 2.45) is 10.9 Å². The van der Waals surface area contributed by atoms with E-state index in [1.165, 1.54) is 61.8 Å². The Morgan fingerprint density at radius 2 is 2.03 bits per heavy atom. The van der Waals surface area contributed by atoms with Gasteiger partial charge >= 0.3 is 0 Å². The Morgan fingerprint density at radius 3 is 2.76 bits per heavy atom. The molecule has 0 amide bonds. The highest BCUT2D eigenvalue weighted by molar-refractivity contribution is 5.92. The van der Waals surface area contributed by atoms with E-state index in [2.05, 4.69) is 60.1 Å². The van der Waals surface area contributed by atoms with Crippen molar-refractivity contribution >= 4 is 5.84 Å². The van der Waals surface area contributed by atoms with Gasteiger partial charge in [0.2, 0.25) is 0 Å². The summed E-state index contributed by atoms with van der Waals surface area (Å²) in [6, 6.07) is 9.33. The normalized spacial score (nSPS) is 19.0. The highest BCUT2D eigenvalue weighted by Gasteiger charge is 2.19. The first-order chi connectivity index (χ1) is 14.2. The molecule has 0 radical (unpaired) electrons. The van der Waals surface area contributed by atoms with E-state index >= 15 is 0 Å². The van der Waals surface area contributed by atoms with Crippen molar-refractivity contribution in [3.63, 3.8) is 0 Å². The summed E-state index contributed by atoms with van der Waals surface area (Å²) in [4.78, 5) is 7.36. The van der Waals surface area contributed by atoms with Crippen LogP contribution in [0.4, 0.5) is 0 Å². The Labute approximate surface area is 177 Å². The molecule has 2 N–H and O–H groups in total. The fraction of sp³-hybridized carbons (Fsp3) is 0.560. The summed E-state index contributed by atoms with van der Waals surface area (Å²) in [6.07, 6.45) is 10.2. The average molecular weight is 395 g/mol. The summed E-state index contributed by atoms with van der Waals surface area (Å²) in [5.41, 5.74) is 10.8. The third kappa shape index (κ3) is 6.83. The van der Waals surface area contributed by atoms with Gasteiger partial charge in [0.25, 0.3) is 0 Å². The zero-order valence-electron chi connectivity index (χ0n) is 18.1. The molecule has 3 rings (SSSR count). The molecule has 4 nitrogen and oxygen atoms in total. The molecule has 158 valence electrons. The molecular weight excluding hydrogens is 356 g/mol. The number of hydrogen-bond acceptors (Lipinski definition) is 3. The number of benzene rings is 1. The molecule has 1 aliphatic heterocycles. The van der Waals surface area contributed by atoms with Crippen LogP contribution in [-0.4, -0.2) is 36.4 Å². The average Bonchev–Trinajstić information content (AvgIpc) is 3.25. The van der Waals surface area contributed by atoms with Gasteiger partial charge in [0.05, 0.1) is 6.04 Å². The van der Waals surface area contributed by atoms with Crippen LogP contribution in [0.25, 0.3) is 0 Å². The third-order valence-corrected chi connectivity index (χ3v) is 6.28. The molecule has 29 heavy (non-hydrogen) atoms. The molecule has 0 aromatic heterocycles. The van der Waals surface area contributed by atoms with Crippen molar-refractivity contribution in [2.45, 2.75) is 64.5 Å². The largest absolute Gasteiger partial charge is 0.306 e. The van der Waals surface area contributed by atoms with E-state index in [9.17, 15) is 0 Å². The van der Waals surface area contributed by atoms with Crippen LogP contribution < -0.4 is 10.9 Å². The standard InChI is InChI=1S/C25H38N4/c1-4-21(18-29-15-14-22-10-6-7-11-23(22)19-29)16-20(3)17-26-28-25(5-2)27-24-12-8-9-13-24/h5-7,10-11,21,24,26H,2-4,8-9,12-19H2,1H3,(H,27,28). The van der Waals surface area contributed by atoms with E-state index in [1.807, 2.05) is 0 Å². The van der Waals surface area contributed by atoms with Crippen LogP contribution >= 0.6 is 0 Å². The molecule has 0 spiro atoms. The lowest BCUT2D eigenvalue weighted by Gasteiger charge is -2.32. The van der Waals surface area contributed by atoms with E-state index in [0.29, 0.717) is 12.0 Å². The maximum atomic E-state index is 4.75. The number of amidine groups is 1. The van der Waals surface area contributed by atoms with Gasteiger partial charge in [-0.2, -0.15) is 0 Å². The summed E-state index contributed by atoms with van der Waals surface area (Å²) in [6.45, 7) is 14.7. The smallest absolute Gasteiger partial charge is 0.134 e. The maximum absolute atomic E-state index is 4.75. The predicted molar refractivity (Wildman–Crippen MR) is 124 cm³/mol. The number of fused-ring (bicyclic) bond motifs is 1. The first-order valence-electron chi connectivity index (χ1n) is 11.3. The maximum Gasteiger partial charge on any atom is 0.134 e. The van der Waals surface area contributed by atoms with Crippen LogP contribution in [0, 0.1) is 5.92 Å². The molecule has 1 atom stereocenters. The van der Waals surface area contributed by atoms with Crippen LogP contribution in [-0.2, 0) is 13.0 Å². The summed E-state index contributed by atoms with van der Waals surface area (Å²) in [5, 5.41) is 0. The summed E-state index contributed by atoms with van der Waals surface area (Å²) >= 11 is 0. The molecule has 1 fully saturated rings. The fourth-order valence-corrected chi connectivity index (χ4v) is 4.52. The Bertz CT molecular complexity index is 703. The first-order valence-corrected chi connectivity index (χ1v) is 11.3. The molecule has 1 heterocycles. The molecule has 4 heteroatoms. The minimum atomic E-state index is 0.458. The summed E-state index contributed by atoms with van der Waals surface area (Å²) in [7, 11) is 0. The highest BCUT2D eigenvalue weighted by Crippen LogP contribution is 2.23. The quantitative estimate of drug-likeness (QED) is 0.263. The third-order valence-electron chi connectivity index (χ3n) is 6.28. The summed E-state index contributed by atoms with van der Waals surface area (Å²) < 4.78 is 0. The number of nitrogens with one attached hydrogen (secondary N) is 2. The van der Waals surface area contributed by atoms with Crippen molar-refractivity contribution in [3.8, 4) is 0 Å². The lowest BCUT2D eigenvalue weighted by atomic mass is 9.94. The molecule has 0 bridgehead atoms. The molecule has 1 aromatic carbocycles. The predicted octanol–water partition coefficient (Wildman–Crippen LogP) is 4.64. The van der Waals surface area contributed by atoms with Crippen LogP contribution in [0.3, 0.4) is 0 Å². The summed E-state index contributed by atoms with van der Waals surface area (Å²) in [5.74, 6) is 1.50. The lowest BCUT2D eigenvalue weighted by Crippen LogP contribution is -2.38. The topological polar surface area (TPSA) is 39.7 Å². The molecule has 2 aliphatic rings. The number of hydrazine groups is 1. The Balaban J connectivity index is 1.40. The minimum absolute atomic E-state index is 0.458. The van der Waals surface area contributed by atoms with Crippen LogP contribution in [0.2, 0.25) is 0 Å². The van der Waals surface area contributed by atoms with E-state index in [0.717, 1.165) is 31.9 Å². The van der Waals surface area contributed by atoms with Gasteiger partial charge in [-0.25, -0.2) is 5.43 Å². The Hall–Kier alpha value is -1.91. The molecule has 1 saturated carbocycles. The van der Waals surface area contributed by atoms with Gasteiger partial charge < -0.3 is 5.43 Å². The number of rotatable bonds is 10. The van der Waals surface area contributed by atoms with Crippen molar-refractivity contribution < 1.29 is 0 Å². The van der Waals surface area contributed by atoms with Gasteiger partial charge in [0, 0.05) is 26.2 Å². The number of aliphatic imine (C=N–C) groups is 1. The highest BCUT2D eigenvalue weighted by atomic mass is 15.4. The van der Waals surface area contributed by atoms with Gasteiger partial charge in [-0.05, 0) is 48.8 Å². The minimum Gasteiger partial charge on any atom is -0.306 e. The molecular formula is C25H38N4. The van der Waals surface area contributed by atoms with E-state index in [1.54, 1.807) is 6.08 Å². The van der Waals surface area contributed by atoms with Crippen molar-refractivity contribution in [1.29, 1.82) is 0 Å². The molecule has 0 saturated heterocycles. The van der Waals surface area contributed by atoms with E-state index < -0.39 is 0 Å². The Kier molecular flexibility index (Phi) is 8.51. The van der Waals surface area contributed by atoms with Gasteiger partial charge in [-0.1, -0.05) is 69.2 Å². The van der Waals surface area contributed by atoms with Gasteiger partial charge in [-0.3, -0.25) is 9.89 Å². The Morgan fingerprint density at radius 1 is 1.28 bits per heavy atom. The molecule has 1 unspecified atom stereocenters. The molecule has 1 aromatic rings. The first kappa shape index (κ1) is 21.8. The van der Waals surface area contributed by atoms with Crippen molar-refractivity contribution in [2.75, 3.05) is 19.6 Å². The lowest BCUT2D eigenvalue weighted by molar-refractivity contribution is 0.209. The van der Waals surface area contributed by atoms with Gasteiger partial charge in [-0.15, -0.1) is 0 Å². The van der Waals surface area contributed by atoms with Crippen molar-refractivity contribution in [3.05, 3.63) is 60.2 Å². The van der Waals surface area contributed by atoms with Gasteiger partial charge in [0.1, 0.15) is 5.84 Å². The SMILES string of the molecule is C=CC(=NC1CCCC1)NNCC(=C)CC(CC)CN1CCc2ccccc2C1. The zero-order chi connectivity index (χ0) is 20.5. The van der Waals surface area contributed by atoms with Crippen molar-refractivity contribution in [1.82, 2.24) is 15.8 Å². The van der Waals surface area contributed by atoms with Gasteiger partial charge in [0.15, 0.2) is 0 Å². The monoisotopic (exact) mass is 394 g/mol. The number of hydrogen-bond donors (Lipinski definition) is 2. The second-order valence-corrected chi connectivity index (χ2v) is 8.62. The van der Waals surface area contributed by atoms with Crippen LogP contribution in [0.15, 0.2) is 54.1 Å². The second kappa shape index (κ2) is 11.3. The van der Waals surface area contributed by atoms with Crippen LogP contribution in [0.5, 0.6) is 0 Å². The number of nitrogens with zero attached hydrogens (tertiary/aromatic N) is 2. The fourth-order valence-electron chi connectivity index (χ4n) is 4.52.